The van der Waals surface area contributed by atoms with E-state index in [1.165, 1.54) is 12.3 Å². The van der Waals surface area contributed by atoms with E-state index < -0.39 is 23.5 Å². The van der Waals surface area contributed by atoms with Gasteiger partial charge in [0, 0.05) is 6.20 Å². The Bertz CT molecular complexity index is 507. The summed E-state index contributed by atoms with van der Waals surface area (Å²) in [7, 11) is 0. The highest BCUT2D eigenvalue weighted by atomic mass is 35.5. The Balaban J connectivity index is 2.81. The van der Waals surface area contributed by atoms with Crippen molar-refractivity contribution in [2.45, 2.75) is 46.3 Å². The molecule has 1 atom stereocenters. The molecule has 1 amide bonds. The summed E-state index contributed by atoms with van der Waals surface area (Å²) in [6.07, 6.45) is 1.38. The van der Waals surface area contributed by atoms with Crippen LogP contribution in [0.4, 0.5) is 0 Å². The second-order valence-electron chi connectivity index (χ2n) is 6.09. The number of ether oxygens (including phenoxy) is 1. The zero-order valence-electron chi connectivity index (χ0n) is 12.9. The quantitative estimate of drug-likeness (QED) is 0.868. The monoisotopic (exact) mass is 312 g/mol. The van der Waals surface area contributed by atoms with Gasteiger partial charge < -0.3 is 10.1 Å². The van der Waals surface area contributed by atoms with Crippen LogP contribution in [0.2, 0.25) is 5.02 Å². The van der Waals surface area contributed by atoms with Crippen LogP contribution in [0.3, 0.4) is 0 Å². The largest absolute Gasteiger partial charge is 0.458 e. The number of pyridine rings is 1. The highest BCUT2D eigenvalue weighted by Crippen LogP contribution is 2.13. The molecule has 6 heteroatoms. The van der Waals surface area contributed by atoms with Crippen molar-refractivity contribution in [2.24, 2.45) is 5.92 Å². The first kappa shape index (κ1) is 17.4. The number of hydrogen-bond acceptors (Lipinski definition) is 4. The SMILES string of the molecule is CC(C)[C@H](NC(=O)c1ccc(Cl)cn1)C(=O)OC(C)(C)C. The van der Waals surface area contributed by atoms with E-state index in [0.29, 0.717) is 5.02 Å². The third kappa shape index (κ3) is 5.71. The number of amides is 1. The molecule has 0 fully saturated rings. The summed E-state index contributed by atoms with van der Waals surface area (Å²) in [5.74, 6) is -0.993. The Labute approximate surface area is 130 Å². The minimum atomic E-state index is -0.728. The van der Waals surface area contributed by atoms with Crippen LogP contribution in [0, 0.1) is 5.92 Å². The number of aromatic nitrogens is 1. The molecule has 0 saturated heterocycles. The van der Waals surface area contributed by atoms with Gasteiger partial charge in [0.15, 0.2) is 0 Å². The zero-order valence-corrected chi connectivity index (χ0v) is 13.7. The summed E-state index contributed by atoms with van der Waals surface area (Å²) in [5.41, 5.74) is -0.401. The summed E-state index contributed by atoms with van der Waals surface area (Å²) in [4.78, 5) is 28.2. The van der Waals surface area contributed by atoms with Crippen molar-refractivity contribution in [1.82, 2.24) is 10.3 Å². The van der Waals surface area contributed by atoms with E-state index in [9.17, 15) is 9.59 Å². The highest BCUT2D eigenvalue weighted by molar-refractivity contribution is 6.30. The van der Waals surface area contributed by atoms with E-state index in [2.05, 4.69) is 10.3 Å². The molecule has 0 unspecified atom stereocenters. The third-order valence-corrected chi connectivity index (χ3v) is 2.80. The van der Waals surface area contributed by atoms with Crippen molar-refractivity contribution < 1.29 is 14.3 Å². The second kappa shape index (κ2) is 6.89. The lowest BCUT2D eigenvalue weighted by molar-refractivity contribution is -0.158. The molecule has 1 N–H and O–H groups in total. The number of esters is 1. The average Bonchev–Trinajstić information content (AvgIpc) is 2.33. The van der Waals surface area contributed by atoms with Crippen LogP contribution in [0.25, 0.3) is 0 Å². The predicted octanol–water partition coefficient (Wildman–Crippen LogP) is 2.83. The van der Waals surface area contributed by atoms with Crippen molar-refractivity contribution in [3.8, 4) is 0 Å². The standard InChI is InChI=1S/C15H21ClN2O3/c1-9(2)12(14(20)21-15(3,4)5)18-13(19)11-7-6-10(16)8-17-11/h6-9,12H,1-5H3,(H,18,19)/t12-/m0/s1. The molecular weight excluding hydrogens is 292 g/mol. The molecule has 1 heterocycles. The van der Waals surface area contributed by atoms with Crippen LogP contribution in [0.15, 0.2) is 18.3 Å². The minimum absolute atomic E-state index is 0.101. The minimum Gasteiger partial charge on any atom is -0.458 e. The van der Waals surface area contributed by atoms with Gasteiger partial charge in [0.25, 0.3) is 5.91 Å². The molecule has 0 aliphatic carbocycles. The van der Waals surface area contributed by atoms with Gasteiger partial charge in [-0.05, 0) is 38.8 Å². The van der Waals surface area contributed by atoms with Gasteiger partial charge >= 0.3 is 5.97 Å². The molecule has 0 radical (unpaired) electrons. The first-order valence-electron chi connectivity index (χ1n) is 6.75. The normalized spacial score (nSPS) is 12.9. The maximum atomic E-state index is 12.1. The van der Waals surface area contributed by atoms with Crippen LogP contribution in [0.5, 0.6) is 0 Å². The fourth-order valence-electron chi connectivity index (χ4n) is 1.59. The van der Waals surface area contributed by atoms with Gasteiger partial charge in [0.2, 0.25) is 0 Å². The molecule has 0 aliphatic rings. The Morgan fingerprint density at radius 2 is 1.90 bits per heavy atom. The lowest BCUT2D eigenvalue weighted by Crippen LogP contribution is -2.47. The van der Waals surface area contributed by atoms with Crippen molar-refractivity contribution in [3.63, 3.8) is 0 Å². The molecule has 21 heavy (non-hydrogen) atoms. The Kier molecular flexibility index (Phi) is 5.72. The number of rotatable bonds is 4. The zero-order chi connectivity index (χ0) is 16.2. The molecule has 0 spiro atoms. The molecule has 1 aromatic rings. The van der Waals surface area contributed by atoms with E-state index in [1.807, 2.05) is 13.8 Å². The Hall–Kier alpha value is -1.62. The molecular formula is C15H21ClN2O3. The molecule has 1 rings (SSSR count). The molecule has 0 bridgehead atoms. The topological polar surface area (TPSA) is 68.3 Å². The molecule has 0 aliphatic heterocycles. The van der Waals surface area contributed by atoms with Gasteiger partial charge in [-0.25, -0.2) is 9.78 Å². The molecule has 0 aromatic carbocycles. The first-order chi connectivity index (χ1) is 9.60. The predicted molar refractivity (Wildman–Crippen MR) is 81.2 cm³/mol. The van der Waals surface area contributed by atoms with Crippen molar-refractivity contribution in [1.29, 1.82) is 0 Å². The maximum Gasteiger partial charge on any atom is 0.329 e. The van der Waals surface area contributed by atoms with Gasteiger partial charge in [-0.1, -0.05) is 25.4 Å². The fourth-order valence-corrected chi connectivity index (χ4v) is 1.70. The van der Waals surface area contributed by atoms with Crippen molar-refractivity contribution in [2.75, 3.05) is 0 Å². The van der Waals surface area contributed by atoms with Crippen LogP contribution in [-0.2, 0) is 9.53 Å². The number of carbonyl (C=O) groups excluding carboxylic acids is 2. The number of hydrogen-bond donors (Lipinski definition) is 1. The molecule has 1 aromatic heterocycles. The van der Waals surface area contributed by atoms with Gasteiger partial charge in [-0.15, -0.1) is 0 Å². The second-order valence-corrected chi connectivity index (χ2v) is 6.53. The van der Waals surface area contributed by atoms with Crippen molar-refractivity contribution >= 4 is 23.5 Å². The van der Waals surface area contributed by atoms with E-state index in [1.54, 1.807) is 26.8 Å². The third-order valence-electron chi connectivity index (χ3n) is 2.57. The summed E-state index contributed by atoms with van der Waals surface area (Å²) >= 11 is 5.73. The Morgan fingerprint density at radius 1 is 1.29 bits per heavy atom. The van der Waals surface area contributed by atoms with Crippen LogP contribution in [-0.4, -0.2) is 28.5 Å². The van der Waals surface area contributed by atoms with Gasteiger partial charge in [-0.2, -0.15) is 0 Å². The molecule has 5 nitrogen and oxygen atoms in total. The molecule has 0 saturated carbocycles. The highest BCUT2D eigenvalue weighted by Gasteiger charge is 2.29. The summed E-state index contributed by atoms with van der Waals surface area (Å²) in [5, 5.41) is 3.10. The van der Waals surface area contributed by atoms with E-state index in [0.717, 1.165) is 0 Å². The molecule has 116 valence electrons. The first-order valence-corrected chi connectivity index (χ1v) is 7.13. The van der Waals surface area contributed by atoms with E-state index in [4.69, 9.17) is 16.3 Å². The van der Waals surface area contributed by atoms with Crippen LogP contribution >= 0.6 is 11.6 Å². The lowest BCUT2D eigenvalue weighted by Gasteiger charge is -2.26. The maximum absolute atomic E-state index is 12.1. The number of nitrogens with one attached hydrogen (secondary N) is 1. The van der Waals surface area contributed by atoms with Gasteiger partial charge in [0.05, 0.1) is 5.02 Å². The summed E-state index contributed by atoms with van der Waals surface area (Å²) < 4.78 is 5.32. The number of halogens is 1. The van der Waals surface area contributed by atoms with E-state index >= 15 is 0 Å². The van der Waals surface area contributed by atoms with Crippen LogP contribution in [0.1, 0.15) is 45.1 Å². The summed E-state index contributed by atoms with van der Waals surface area (Å²) in [6, 6.07) is 2.35. The number of nitrogens with zero attached hydrogens (tertiary/aromatic N) is 1. The van der Waals surface area contributed by atoms with Crippen molar-refractivity contribution in [3.05, 3.63) is 29.0 Å². The van der Waals surface area contributed by atoms with E-state index in [-0.39, 0.29) is 11.6 Å². The fraction of sp³-hybridized carbons (Fsp3) is 0.533. The number of carbonyl (C=O) groups is 2. The Morgan fingerprint density at radius 3 is 2.33 bits per heavy atom. The van der Waals surface area contributed by atoms with Gasteiger partial charge in [0.1, 0.15) is 17.3 Å². The van der Waals surface area contributed by atoms with Crippen LogP contribution < -0.4 is 5.32 Å². The smallest absolute Gasteiger partial charge is 0.329 e. The van der Waals surface area contributed by atoms with Gasteiger partial charge in [-0.3, -0.25) is 4.79 Å². The summed E-state index contributed by atoms with van der Waals surface area (Å²) in [6.45, 7) is 9.02. The lowest BCUT2D eigenvalue weighted by atomic mass is 10.0. The average molecular weight is 313 g/mol.